The molecule has 25 heavy (non-hydrogen) atoms. The Bertz CT molecular complexity index is 804. The van der Waals surface area contributed by atoms with Crippen molar-refractivity contribution in [2.24, 2.45) is 5.92 Å². The predicted molar refractivity (Wildman–Crippen MR) is 93.6 cm³/mol. The molecule has 2 aliphatic rings. The van der Waals surface area contributed by atoms with E-state index in [1.54, 1.807) is 25.7 Å². The first-order chi connectivity index (χ1) is 12.3. The van der Waals surface area contributed by atoms with Crippen LogP contribution in [-0.2, 0) is 0 Å². The summed E-state index contributed by atoms with van der Waals surface area (Å²) in [7, 11) is 1.62. The number of nitriles is 1. The van der Waals surface area contributed by atoms with Crippen molar-refractivity contribution in [3.63, 3.8) is 0 Å². The second kappa shape index (κ2) is 6.55. The van der Waals surface area contributed by atoms with Crippen LogP contribution < -0.4 is 14.5 Å². The number of anilines is 2. The second-order valence-corrected chi connectivity index (χ2v) is 6.42. The fraction of sp³-hybridized carbons (Fsp3) is 0.444. The zero-order chi connectivity index (χ0) is 17.2. The maximum Gasteiger partial charge on any atom is 0.257 e. The minimum absolute atomic E-state index is 0.322. The van der Waals surface area contributed by atoms with Crippen molar-refractivity contribution in [2.75, 3.05) is 36.5 Å². The fourth-order valence-corrected chi connectivity index (χ4v) is 3.99. The van der Waals surface area contributed by atoms with Crippen LogP contribution >= 0.6 is 0 Å². The zero-order valence-corrected chi connectivity index (χ0v) is 14.2. The van der Waals surface area contributed by atoms with Gasteiger partial charge in [0.1, 0.15) is 11.9 Å². The number of nitrogens with zero attached hydrogens (tertiary/aromatic N) is 6. The number of methoxy groups -OCH3 is 1. The Morgan fingerprint density at radius 2 is 1.92 bits per heavy atom. The normalized spacial score (nSPS) is 22.4. The quantitative estimate of drug-likeness (QED) is 0.846. The summed E-state index contributed by atoms with van der Waals surface area (Å²) in [5.74, 6) is 2.76. The first-order valence-electron chi connectivity index (χ1n) is 8.53. The summed E-state index contributed by atoms with van der Waals surface area (Å²) >= 11 is 0. The minimum atomic E-state index is 0.322. The molecule has 2 aliphatic heterocycles. The zero-order valence-electron chi connectivity index (χ0n) is 14.2. The van der Waals surface area contributed by atoms with E-state index in [1.807, 2.05) is 12.1 Å². The minimum Gasteiger partial charge on any atom is -0.478 e. The summed E-state index contributed by atoms with van der Waals surface area (Å²) in [6.45, 7) is 2.71. The molecule has 2 unspecified atom stereocenters. The summed E-state index contributed by atoms with van der Waals surface area (Å²) in [6.07, 6.45) is 7.33. The molecule has 4 heterocycles. The van der Waals surface area contributed by atoms with Gasteiger partial charge in [0, 0.05) is 38.2 Å². The largest absolute Gasteiger partial charge is 0.478 e. The van der Waals surface area contributed by atoms with Crippen LogP contribution in [0, 0.1) is 17.2 Å². The third kappa shape index (κ3) is 2.74. The molecule has 2 aromatic heterocycles. The molecule has 0 radical (unpaired) electrons. The van der Waals surface area contributed by atoms with Gasteiger partial charge in [-0.05, 0) is 30.9 Å². The average molecular weight is 336 g/mol. The molecular weight excluding hydrogens is 316 g/mol. The van der Waals surface area contributed by atoms with Crippen LogP contribution in [-0.4, -0.2) is 47.7 Å². The number of aromatic nitrogens is 3. The molecule has 0 saturated carbocycles. The summed E-state index contributed by atoms with van der Waals surface area (Å²) < 4.78 is 5.37. The lowest BCUT2D eigenvalue weighted by Gasteiger charge is -2.39. The van der Waals surface area contributed by atoms with E-state index in [0.717, 1.165) is 44.1 Å². The van der Waals surface area contributed by atoms with Crippen LogP contribution in [0.1, 0.15) is 18.4 Å². The number of hydrogen-bond acceptors (Lipinski definition) is 7. The van der Waals surface area contributed by atoms with E-state index in [1.165, 1.54) is 0 Å². The highest BCUT2D eigenvalue weighted by Gasteiger charge is 2.40. The lowest BCUT2D eigenvalue weighted by Crippen LogP contribution is -2.49. The Morgan fingerprint density at radius 1 is 1.12 bits per heavy atom. The molecule has 0 bridgehead atoms. The van der Waals surface area contributed by atoms with E-state index in [9.17, 15) is 5.26 Å². The molecule has 2 aromatic rings. The smallest absolute Gasteiger partial charge is 0.257 e. The maximum atomic E-state index is 9.41. The van der Waals surface area contributed by atoms with E-state index in [0.29, 0.717) is 23.4 Å². The van der Waals surface area contributed by atoms with Gasteiger partial charge in [0.25, 0.3) is 5.88 Å². The van der Waals surface area contributed by atoms with Crippen molar-refractivity contribution in [1.29, 1.82) is 5.26 Å². The van der Waals surface area contributed by atoms with Gasteiger partial charge in [0.2, 0.25) is 0 Å². The molecule has 0 spiro atoms. The molecule has 4 rings (SSSR count). The lowest BCUT2D eigenvalue weighted by atomic mass is 9.92. The van der Waals surface area contributed by atoms with Gasteiger partial charge >= 0.3 is 0 Å². The van der Waals surface area contributed by atoms with Gasteiger partial charge in [-0.2, -0.15) is 5.26 Å². The van der Waals surface area contributed by atoms with E-state index in [4.69, 9.17) is 4.74 Å². The predicted octanol–water partition coefficient (Wildman–Crippen LogP) is 1.86. The second-order valence-electron chi connectivity index (χ2n) is 6.42. The van der Waals surface area contributed by atoms with Crippen molar-refractivity contribution < 1.29 is 4.74 Å². The molecule has 0 aromatic carbocycles. The number of ether oxygens (including phenoxy) is 1. The Balaban J connectivity index is 1.62. The SMILES string of the molecule is COc1nccnc1N1CCC2CCN(c3ncccc3C#N)C2C1. The van der Waals surface area contributed by atoms with Crippen LogP contribution in [0.25, 0.3) is 0 Å². The van der Waals surface area contributed by atoms with Gasteiger partial charge in [0.05, 0.1) is 18.7 Å². The number of piperidine rings is 1. The van der Waals surface area contributed by atoms with Crippen LogP contribution in [0.2, 0.25) is 0 Å². The first-order valence-corrected chi connectivity index (χ1v) is 8.53. The number of rotatable bonds is 3. The van der Waals surface area contributed by atoms with Gasteiger partial charge in [-0.25, -0.2) is 15.0 Å². The molecular formula is C18H20N6O. The fourth-order valence-electron chi connectivity index (χ4n) is 3.99. The molecule has 2 fully saturated rings. The van der Waals surface area contributed by atoms with E-state index in [2.05, 4.69) is 30.8 Å². The number of pyridine rings is 1. The molecule has 2 atom stereocenters. The molecule has 0 amide bonds. The molecule has 0 N–H and O–H groups in total. The molecule has 0 aliphatic carbocycles. The summed E-state index contributed by atoms with van der Waals surface area (Å²) in [4.78, 5) is 17.8. The highest BCUT2D eigenvalue weighted by atomic mass is 16.5. The maximum absolute atomic E-state index is 9.41. The highest BCUT2D eigenvalue weighted by Crippen LogP contribution is 2.37. The molecule has 2 saturated heterocycles. The van der Waals surface area contributed by atoms with E-state index < -0.39 is 0 Å². The molecule has 7 nitrogen and oxygen atoms in total. The standard InChI is InChI=1S/C18H20N6O/c1-25-18-17(21-7-8-22-18)23-9-4-13-5-10-24(15(13)12-23)16-14(11-19)3-2-6-20-16/h2-3,6-8,13,15H,4-5,9-10,12H2,1H3. The summed E-state index contributed by atoms with van der Waals surface area (Å²) in [5.41, 5.74) is 0.636. The van der Waals surface area contributed by atoms with Gasteiger partial charge in [-0.3, -0.25) is 0 Å². The van der Waals surface area contributed by atoms with Crippen LogP contribution in [0.3, 0.4) is 0 Å². The Morgan fingerprint density at radius 3 is 2.76 bits per heavy atom. The van der Waals surface area contributed by atoms with Crippen molar-refractivity contribution in [3.05, 3.63) is 36.3 Å². The van der Waals surface area contributed by atoms with Gasteiger partial charge < -0.3 is 14.5 Å². The lowest BCUT2D eigenvalue weighted by molar-refractivity contribution is 0.371. The summed E-state index contributed by atoms with van der Waals surface area (Å²) in [6, 6.07) is 6.24. The van der Waals surface area contributed by atoms with Gasteiger partial charge in [-0.1, -0.05) is 0 Å². The van der Waals surface area contributed by atoms with Crippen molar-refractivity contribution in [3.8, 4) is 11.9 Å². The first kappa shape index (κ1) is 15.6. The van der Waals surface area contributed by atoms with Crippen LogP contribution in [0.5, 0.6) is 5.88 Å². The Kier molecular flexibility index (Phi) is 4.10. The Labute approximate surface area is 146 Å². The van der Waals surface area contributed by atoms with Crippen LogP contribution in [0.15, 0.2) is 30.7 Å². The van der Waals surface area contributed by atoms with Crippen molar-refractivity contribution in [2.45, 2.75) is 18.9 Å². The molecule has 128 valence electrons. The topological polar surface area (TPSA) is 78.2 Å². The monoisotopic (exact) mass is 336 g/mol. The van der Waals surface area contributed by atoms with Crippen molar-refractivity contribution in [1.82, 2.24) is 15.0 Å². The highest BCUT2D eigenvalue weighted by molar-refractivity contribution is 5.56. The summed E-state index contributed by atoms with van der Waals surface area (Å²) in [5, 5.41) is 9.41. The van der Waals surface area contributed by atoms with E-state index >= 15 is 0 Å². The number of fused-ring (bicyclic) bond motifs is 1. The van der Waals surface area contributed by atoms with E-state index in [-0.39, 0.29) is 0 Å². The van der Waals surface area contributed by atoms with Crippen LogP contribution in [0.4, 0.5) is 11.6 Å². The van der Waals surface area contributed by atoms with Gasteiger partial charge in [-0.15, -0.1) is 0 Å². The number of hydrogen-bond donors (Lipinski definition) is 0. The third-order valence-electron chi connectivity index (χ3n) is 5.18. The average Bonchev–Trinajstić information content (AvgIpc) is 3.10. The Hall–Kier alpha value is -2.88. The molecule has 7 heteroatoms. The van der Waals surface area contributed by atoms with Crippen molar-refractivity contribution >= 4 is 11.6 Å². The third-order valence-corrected chi connectivity index (χ3v) is 5.18. The van der Waals surface area contributed by atoms with Gasteiger partial charge in [0.15, 0.2) is 5.82 Å².